The Morgan fingerprint density at radius 3 is 2.48 bits per heavy atom. The lowest BCUT2D eigenvalue weighted by Crippen LogP contribution is -2.55. The summed E-state index contributed by atoms with van der Waals surface area (Å²) in [5.41, 5.74) is 0. The van der Waals surface area contributed by atoms with Crippen LogP contribution in [0.25, 0.3) is 0 Å². The van der Waals surface area contributed by atoms with Gasteiger partial charge in [-0.1, -0.05) is 6.92 Å². The number of nitrogens with zero attached hydrogens (tertiary/aromatic N) is 3. The second-order valence-electron chi connectivity index (χ2n) is 7.00. The largest absolute Gasteiger partial charge is 0.380 e. The molecule has 5 heteroatoms. The van der Waals surface area contributed by atoms with Gasteiger partial charge in [-0.25, -0.2) is 0 Å². The van der Waals surface area contributed by atoms with Crippen LogP contribution < -0.4 is 0 Å². The summed E-state index contributed by atoms with van der Waals surface area (Å²) in [4.78, 5) is 18.7. The summed E-state index contributed by atoms with van der Waals surface area (Å²) in [5, 5.41) is 0. The molecule has 0 aromatic heterocycles. The van der Waals surface area contributed by atoms with Crippen LogP contribution in [0.4, 0.5) is 0 Å². The molecular weight excluding hydrogens is 290 g/mol. The van der Waals surface area contributed by atoms with Gasteiger partial charge < -0.3 is 14.5 Å². The fourth-order valence-corrected chi connectivity index (χ4v) is 3.93. The van der Waals surface area contributed by atoms with Gasteiger partial charge >= 0.3 is 0 Å². The van der Waals surface area contributed by atoms with Crippen molar-refractivity contribution in [1.29, 1.82) is 0 Å². The van der Waals surface area contributed by atoms with Crippen molar-refractivity contribution in [1.82, 2.24) is 14.7 Å². The fourth-order valence-electron chi connectivity index (χ4n) is 3.93. The third kappa shape index (κ3) is 5.73. The van der Waals surface area contributed by atoms with Gasteiger partial charge in [0, 0.05) is 65.4 Å². The first-order valence-electron chi connectivity index (χ1n) is 9.43. The standard InChI is InChI=1S/C18H35N3O2/c1-4-18-15-19(10-11-21(18)12-13-23-5-2)14-17-6-8-20(9-7-17)16(3)22/h17-18H,4-15H2,1-3H3. The number of amides is 1. The number of piperazine rings is 1. The normalized spacial score (nSPS) is 25.0. The third-order valence-corrected chi connectivity index (χ3v) is 5.46. The monoisotopic (exact) mass is 325 g/mol. The van der Waals surface area contributed by atoms with E-state index in [1.165, 1.54) is 38.9 Å². The molecule has 0 aromatic carbocycles. The van der Waals surface area contributed by atoms with Crippen LogP contribution in [-0.2, 0) is 9.53 Å². The van der Waals surface area contributed by atoms with Gasteiger partial charge in [-0.05, 0) is 32.1 Å². The molecule has 0 bridgehead atoms. The molecule has 23 heavy (non-hydrogen) atoms. The highest BCUT2D eigenvalue weighted by Gasteiger charge is 2.28. The van der Waals surface area contributed by atoms with Crippen LogP contribution in [0.2, 0.25) is 0 Å². The lowest BCUT2D eigenvalue weighted by atomic mass is 9.95. The minimum atomic E-state index is 0.234. The molecule has 1 amide bonds. The van der Waals surface area contributed by atoms with Crippen molar-refractivity contribution in [2.24, 2.45) is 5.92 Å². The van der Waals surface area contributed by atoms with Gasteiger partial charge in [0.1, 0.15) is 0 Å². The molecule has 0 aromatic rings. The fraction of sp³-hybridized carbons (Fsp3) is 0.944. The quantitative estimate of drug-likeness (QED) is 0.667. The van der Waals surface area contributed by atoms with Crippen LogP contribution in [0.1, 0.15) is 40.0 Å². The predicted octanol–water partition coefficient (Wildman–Crippen LogP) is 1.68. The molecule has 1 unspecified atom stereocenters. The summed E-state index contributed by atoms with van der Waals surface area (Å²) in [7, 11) is 0. The Morgan fingerprint density at radius 1 is 1.13 bits per heavy atom. The average Bonchev–Trinajstić information content (AvgIpc) is 2.56. The molecule has 0 aliphatic carbocycles. The number of piperidine rings is 1. The maximum absolute atomic E-state index is 11.4. The van der Waals surface area contributed by atoms with Crippen LogP contribution >= 0.6 is 0 Å². The second kappa shape index (κ2) is 9.60. The smallest absolute Gasteiger partial charge is 0.219 e. The Labute approximate surface area is 141 Å². The van der Waals surface area contributed by atoms with Crippen molar-refractivity contribution in [2.75, 3.05) is 59.0 Å². The zero-order chi connectivity index (χ0) is 16.7. The van der Waals surface area contributed by atoms with Gasteiger partial charge in [0.15, 0.2) is 0 Å². The third-order valence-electron chi connectivity index (χ3n) is 5.46. The molecule has 2 aliphatic heterocycles. The number of hydrogen-bond donors (Lipinski definition) is 0. The average molecular weight is 325 g/mol. The van der Waals surface area contributed by atoms with E-state index < -0.39 is 0 Å². The highest BCUT2D eigenvalue weighted by Crippen LogP contribution is 2.21. The lowest BCUT2D eigenvalue weighted by molar-refractivity contribution is -0.130. The minimum absolute atomic E-state index is 0.234. The number of ether oxygens (including phenoxy) is 1. The first-order chi connectivity index (χ1) is 11.1. The van der Waals surface area contributed by atoms with Crippen LogP contribution in [0, 0.1) is 5.92 Å². The van der Waals surface area contributed by atoms with Gasteiger partial charge in [-0.3, -0.25) is 9.69 Å². The van der Waals surface area contributed by atoms with E-state index in [2.05, 4.69) is 23.6 Å². The molecular formula is C18H35N3O2. The van der Waals surface area contributed by atoms with E-state index in [1.807, 2.05) is 4.90 Å². The maximum Gasteiger partial charge on any atom is 0.219 e. The summed E-state index contributed by atoms with van der Waals surface area (Å²) in [6.07, 6.45) is 3.55. The van der Waals surface area contributed by atoms with E-state index in [-0.39, 0.29) is 5.91 Å². The molecule has 2 saturated heterocycles. The molecule has 0 spiro atoms. The molecule has 1 atom stereocenters. The molecule has 5 nitrogen and oxygen atoms in total. The SMILES string of the molecule is CCOCCN1CCN(CC2CCN(C(C)=O)CC2)CC1CC. The maximum atomic E-state index is 11.4. The molecule has 2 rings (SSSR count). The zero-order valence-electron chi connectivity index (χ0n) is 15.3. The van der Waals surface area contributed by atoms with E-state index in [0.717, 1.165) is 45.3 Å². The Bertz CT molecular complexity index is 356. The Balaban J connectivity index is 1.72. The first-order valence-corrected chi connectivity index (χ1v) is 9.43. The van der Waals surface area contributed by atoms with Crippen molar-refractivity contribution in [3.05, 3.63) is 0 Å². The minimum Gasteiger partial charge on any atom is -0.380 e. The Morgan fingerprint density at radius 2 is 1.87 bits per heavy atom. The summed E-state index contributed by atoms with van der Waals surface area (Å²) in [6, 6.07) is 0.668. The molecule has 2 heterocycles. The zero-order valence-corrected chi connectivity index (χ0v) is 15.3. The van der Waals surface area contributed by atoms with Crippen molar-refractivity contribution >= 4 is 5.91 Å². The van der Waals surface area contributed by atoms with Gasteiger partial charge in [0.2, 0.25) is 5.91 Å². The van der Waals surface area contributed by atoms with Gasteiger partial charge in [-0.2, -0.15) is 0 Å². The predicted molar refractivity (Wildman–Crippen MR) is 93.6 cm³/mol. The summed E-state index contributed by atoms with van der Waals surface area (Å²) in [5.74, 6) is 0.996. The number of carbonyl (C=O) groups is 1. The van der Waals surface area contributed by atoms with E-state index in [9.17, 15) is 4.79 Å². The van der Waals surface area contributed by atoms with Crippen LogP contribution in [0.5, 0.6) is 0 Å². The number of hydrogen-bond acceptors (Lipinski definition) is 4. The van der Waals surface area contributed by atoms with Crippen molar-refractivity contribution in [3.63, 3.8) is 0 Å². The van der Waals surface area contributed by atoms with E-state index in [0.29, 0.717) is 6.04 Å². The number of rotatable bonds is 7. The number of likely N-dealkylation sites (tertiary alicyclic amines) is 1. The second-order valence-corrected chi connectivity index (χ2v) is 7.00. The van der Waals surface area contributed by atoms with Crippen molar-refractivity contribution < 1.29 is 9.53 Å². The van der Waals surface area contributed by atoms with Gasteiger partial charge in [0.25, 0.3) is 0 Å². The summed E-state index contributed by atoms with van der Waals surface area (Å²) in [6.45, 7) is 15.4. The molecule has 0 saturated carbocycles. The van der Waals surface area contributed by atoms with Gasteiger partial charge in [0.05, 0.1) is 6.61 Å². The van der Waals surface area contributed by atoms with Crippen LogP contribution in [0.15, 0.2) is 0 Å². The van der Waals surface area contributed by atoms with E-state index in [1.54, 1.807) is 6.92 Å². The lowest BCUT2D eigenvalue weighted by Gasteiger charge is -2.43. The molecule has 0 N–H and O–H groups in total. The molecule has 0 radical (unpaired) electrons. The number of carbonyl (C=O) groups excluding carboxylic acids is 1. The van der Waals surface area contributed by atoms with Crippen molar-refractivity contribution in [3.8, 4) is 0 Å². The summed E-state index contributed by atoms with van der Waals surface area (Å²) >= 11 is 0. The summed E-state index contributed by atoms with van der Waals surface area (Å²) < 4.78 is 5.52. The first kappa shape index (κ1) is 18.7. The van der Waals surface area contributed by atoms with Gasteiger partial charge in [-0.15, -0.1) is 0 Å². The molecule has 2 aliphatic rings. The van der Waals surface area contributed by atoms with E-state index in [4.69, 9.17) is 4.74 Å². The topological polar surface area (TPSA) is 36.0 Å². The molecule has 2 fully saturated rings. The molecule has 134 valence electrons. The highest BCUT2D eigenvalue weighted by atomic mass is 16.5. The van der Waals surface area contributed by atoms with Crippen LogP contribution in [-0.4, -0.2) is 85.7 Å². The highest BCUT2D eigenvalue weighted by molar-refractivity contribution is 5.73. The van der Waals surface area contributed by atoms with Crippen molar-refractivity contribution in [2.45, 2.75) is 46.1 Å². The Kier molecular flexibility index (Phi) is 7.80. The van der Waals surface area contributed by atoms with E-state index >= 15 is 0 Å². The Hall–Kier alpha value is -0.650. The van der Waals surface area contributed by atoms with Crippen LogP contribution in [0.3, 0.4) is 0 Å².